The Morgan fingerprint density at radius 2 is 1.87 bits per heavy atom. The Morgan fingerprint density at radius 1 is 1.10 bits per heavy atom. The predicted molar refractivity (Wildman–Crippen MR) is 110 cm³/mol. The lowest BCUT2D eigenvalue weighted by Crippen LogP contribution is -2.10. The summed E-state index contributed by atoms with van der Waals surface area (Å²) in [5, 5.41) is 7.05. The lowest BCUT2D eigenvalue weighted by atomic mass is 10.1. The molecule has 152 valence electrons. The zero-order chi connectivity index (χ0) is 20.9. The fourth-order valence-corrected chi connectivity index (χ4v) is 2.85. The smallest absolute Gasteiger partial charge is 0.291 e. The molecule has 2 aromatic heterocycles. The second-order valence-electron chi connectivity index (χ2n) is 6.87. The zero-order valence-corrected chi connectivity index (χ0v) is 16.3. The highest BCUT2D eigenvalue weighted by Gasteiger charge is 2.13. The van der Waals surface area contributed by atoms with Gasteiger partial charge in [0.25, 0.3) is 5.91 Å². The van der Waals surface area contributed by atoms with Gasteiger partial charge in [0.1, 0.15) is 23.9 Å². The van der Waals surface area contributed by atoms with Crippen LogP contribution >= 0.6 is 0 Å². The highest BCUT2D eigenvalue weighted by atomic mass is 19.1. The van der Waals surface area contributed by atoms with Crippen molar-refractivity contribution in [3.05, 3.63) is 102 Å². The third-order valence-electron chi connectivity index (χ3n) is 4.44. The molecule has 2 aromatic carbocycles. The number of amides is 1. The molecule has 0 atom stereocenters. The first kappa shape index (κ1) is 19.4. The lowest BCUT2D eigenvalue weighted by Gasteiger charge is -2.04. The van der Waals surface area contributed by atoms with Crippen molar-refractivity contribution < 1.29 is 18.3 Å². The molecule has 7 heteroatoms. The summed E-state index contributed by atoms with van der Waals surface area (Å²) in [4.78, 5) is 12.4. The molecule has 2 heterocycles. The standard InChI is InChI=1S/C23H20FN3O3/c1-16-2-4-17(5-3-16)13-27-14-19(12-25-27)26-23(28)22-11-10-21(30-22)15-29-20-8-6-18(24)7-9-20/h2-12,14H,13,15H2,1H3,(H,26,28). The Hall–Kier alpha value is -3.87. The lowest BCUT2D eigenvalue weighted by molar-refractivity contribution is 0.0992. The van der Waals surface area contributed by atoms with Crippen LogP contribution < -0.4 is 10.1 Å². The summed E-state index contributed by atoms with van der Waals surface area (Å²) >= 11 is 0. The van der Waals surface area contributed by atoms with E-state index in [9.17, 15) is 9.18 Å². The van der Waals surface area contributed by atoms with Gasteiger partial charge in [0.2, 0.25) is 0 Å². The van der Waals surface area contributed by atoms with E-state index in [-0.39, 0.29) is 24.1 Å². The number of aromatic nitrogens is 2. The van der Waals surface area contributed by atoms with E-state index in [4.69, 9.17) is 9.15 Å². The van der Waals surface area contributed by atoms with Gasteiger partial charge in [-0.3, -0.25) is 9.48 Å². The number of furan rings is 1. The average Bonchev–Trinajstić information content (AvgIpc) is 3.39. The molecule has 0 radical (unpaired) electrons. The minimum atomic E-state index is -0.377. The molecule has 0 aliphatic rings. The van der Waals surface area contributed by atoms with Gasteiger partial charge in [-0.15, -0.1) is 0 Å². The number of nitrogens with zero attached hydrogens (tertiary/aromatic N) is 2. The van der Waals surface area contributed by atoms with Crippen molar-refractivity contribution >= 4 is 11.6 Å². The van der Waals surface area contributed by atoms with Crippen molar-refractivity contribution in [2.24, 2.45) is 0 Å². The van der Waals surface area contributed by atoms with Crippen molar-refractivity contribution in [1.29, 1.82) is 0 Å². The van der Waals surface area contributed by atoms with E-state index in [0.29, 0.717) is 23.7 Å². The topological polar surface area (TPSA) is 69.3 Å². The van der Waals surface area contributed by atoms with Gasteiger partial charge < -0.3 is 14.5 Å². The third-order valence-corrected chi connectivity index (χ3v) is 4.44. The third kappa shape index (κ3) is 4.94. The van der Waals surface area contributed by atoms with Crippen LogP contribution in [0.25, 0.3) is 0 Å². The SMILES string of the molecule is Cc1ccc(Cn2cc(NC(=O)c3ccc(COc4ccc(F)cc4)o3)cn2)cc1. The number of carbonyl (C=O) groups excluding carboxylic acids is 1. The van der Waals surface area contributed by atoms with E-state index < -0.39 is 0 Å². The van der Waals surface area contributed by atoms with E-state index in [2.05, 4.69) is 22.5 Å². The Morgan fingerprint density at radius 3 is 2.63 bits per heavy atom. The van der Waals surface area contributed by atoms with Crippen molar-refractivity contribution in [3.8, 4) is 5.75 Å². The number of carbonyl (C=O) groups is 1. The van der Waals surface area contributed by atoms with Crippen LogP contribution in [0.1, 0.15) is 27.4 Å². The summed E-state index contributed by atoms with van der Waals surface area (Å²) in [6.45, 7) is 2.79. The van der Waals surface area contributed by atoms with E-state index in [0.717, 1.165) is 5.56 Å². The molecule has 0 spiro atoms. The first-order valence-electron chi connectivity index (χ1n) is 9.41. The minimum Gasteiger partial charge on any atom is -0.486 e. The van der Waals surface area contributed by atoms with Crippen molar-refractivity contribution in [2.75, 3.05) is 5.32 Å². The number of anilines is 1. The van der Waals surface area contributed by atoms with Crippen LogP contribution in [0.15, 0.2) is 77.5 Å². The minimum absolute atomic E-state index is 0.132. The van der Waals surface area contributed by atoms with Gasteiger partial charge in [-0.05, 0) is 48.9 Å². The quantitative estimate of drug-likeness (QED) is 0.479. The van der Waals surface area contributed by atoms with Gasteiger partial charge in [0, 0.05) is 6.20 Å². The summed E-state index contributed by atoms with van der Waals surface area (Å²) in [7, 11) is 0. The first-order valence-corrected chi connectivity index (χ1v) is 9.41. The number of nitrogens with one attached hydrogen (secondary N) is 1. The van der Waals surface area contributed by atoms with E-state index in [1.54, 1.807) is 29.2 Å². The van der Waals surface area contributed by atoms with Crippen LogP contribution in [0.3, 0.4) is 0 Å². The van der Waals surface area contributed by atoms with Gasteiger partial charge in [0.15, 0.2) is 5.76 Å². The number of halogens is 1. The maximum absolute atomic E-state index is 12.9. The van der Waals surface area contributed by atoms with Crippen LogP contribution in [0.4, 0.5) is 10.1 Å². The molecule has 6 nitrogen and oxygen atoms in total. The Balaban J connectivity index is 1.32. The zero-order valence-electron chi connectivity index (χ0n) is 16.3. The van der Waals surface area contributed by atoms with Gasteiger partial charge in [0.05, 0.1) is 18.4 Å². The average molecular weight is 405 g/mol. The number of ether oxygens (including phenoxy) is 1. The molecular weight excluding hydrogens is 385 g/mol. The molecule has 0 aliphatic heterocycles. The molecule has 0 saturated heterocycles. The van der Waals surface area contributed by atoms with Crippen LogP contribution in [0.5, 0.6) is 5.75 Å². The number of hydrogen-bond acceptors (Lipinski definition) is 4. The number of rotatable bonds is 7. The molecule has 1 N–H and O–H groups in total. The van der Waals surface area contributed by atoms with Gasteiger partial charge in [-0.1, -0.05) is 29.8 Å². The van der Waals surface area contributed by atoms with Crippen molar-refractivity contribution in [1.82, 2.24) is 9.78 Å². The summed E-state index contributed by atoms with van der Waals surface area (Å²) in [5.74, 6) is 0.456. The van der Waals surface area contributed by atoms with E-state index >= 15 is 0 Å². The van der Waals surface area contributed by atoms with Gasteiger partial charge in [-0.2, -0.15) is 5.10 Å². The second kappa shape index (κ2) is 8.65. The molecule has 4 aromatic rings. The van der Waals surface area contributed by atoms with Crippen molar-refractivity contribution in [3.63, 3.8) is 0 Å². The number of benzene rings is 2. The van der Waals surface area contributed by atoms with Gasteiger partial charge >= 0.3 is 0 Å². The maximum Gasteiger partial charge on any atom is 0.291 e. The van der Waals surface area contributed by atoms with Crippen LogP contribution in [-0.2, 0) is 13.2 Å². The van der Waals surface area contributed by atoms with E-state index in [1.165, 1.54) is 29.8 Å². The van der Waals surface area contributed by atoms with Crippen LogP contribution in [-0.4, -0.2) is 15.7 Å². The fraction of sp³-hybridized carbons (Fsp3) is 0.130. The monoisotopic (exact) mass is 405 g/mol. The largest absolute Gasteiger partial charge is 0.486 e. The molecule has 0 unspecified atom stereocenters. The molecule has 4 rings (SSSR count). The molecule has 0 fully saturated rings. The van der Waals surface area contributed by atoms with Crippen molar-refractivity contribution in [2.45, 2.75) is 20.1 Å². The second-order valence-corrected chi connectivity index (χ2v) is 6.87. The molecule has 0 saturated carbocycles. The molecule has 0 bridgehead atoms. The fourth-order valence-electron chi connectivity index (χ4n) is 2.85. The maximum atomic E-state index is 12.9. The Bertz CT molecular complexity index is 1130. The predicted octanol–water partition coefficient (Wildman–Crippen LogP) is 4.80. The molecule has 30 heavy (non-hydrogen) atoms. The van der Waals surface area contributed by atoms with Crippen LogP contribution in [0.2, 0.25) is 0 Å². The summed E-state index contributed by atoms with van der Waals surface area (Å²) < 4.78 is 25.7. The summed E-state index contributed by atoms with van der Waals surface area (Å²) in [5.41, 5.74) is 2.90. The molecular formula is C23H20FN3O3. The highest BCUT2D eigenvalue weighted by molar-refractivity contribution is 6.02. The number of hydrogen-bond donors (Lipinski definition) is 1. The summed E-state index contributed by atoms with van der Waals surface area (Å²) in [6.07, 6.45) is 3.35. The van der Waals surface area contributed by atoms with E-state index in [1.807, 2.05) is 19.1 Å². The summed E-state index contributed by atoms with van der Waals surface area (Å²) in [6, 6.07) is 17.1. The first-order chi connectivity index (χ1) is 14.5. The molecule has 1 amide bonds. The highest BCUT2D eigenvalue weighted by Crippen LogP contribution is 2.16. The van der Waals surface area contributed by atoms with Crippen LogP contribution in [0, 0.1) is 12.7 Å². The Labute approximate surface area is 172 Å². The normalized spacial score (nSPS) is 10.7. The number of aryl methyl sites for hydroxylation is 1. The van der Waals surface area contributed by atoms with Gasteiger partial charge in [-0.25, -0.2) is 4.39 Å². The Kier molecular flexibility index (Phi) is 5.61. The molecule has 0 aliphatic carbocycles.